The van der Waals surface area contributed by atoms with E-state index < -0.39 is 9.84 Å². The molecule has 18 heavy (non-hydrogen) atoms. The third-order valence-electron chi connectivity index (χ3n) is 2.88. The summed E-state index contributed by atoms with van der Waals surface area (Å²) in [6.07, 6.45) is 3.20. The molecule has 0 aliphatic rings. The highest BCUT2D eigenvalue weighted by Gasteiger charge is 2.10. The highest BCUT2D eigenvalue weighted by molar-refractivity contribution is 7.99. The molecule has 0 amide bonds. The lowest BCUT2D eigenvalue weighted by Crippen LogP contribution is -2.08. The summed E-state index contributed by atoms with van der Waals surface area (Å²) >= 11 is 1.85. The average Bonchev–Trinajstić information content (AvgIpc) is 2.39. The highest BCUT2D eigenvalue weighted by atomic mass is 32.2. The number of nitrogens with one attached hydrogen (secondary N) is 1. The lowest BCUT2D eigenvalue weighted by atomic mass is 10.3. The van der Waals surface area contributed by atoms with Crippen molar-refractivity contribution in [3.05, 3.63) is 24.3 Å². The molecule has 0 fully saturated rings. The van der Waals surface area contributed by atoms with Crippen molar-refractivity contribution in [1.82, 2.24) is 0 Å². The molecule has 1 aromatic carbocycles. The second-order valence-corrected chi connectivity index (χ2v) is 7.74. The maximum atomic E-state index is 11.6. The Bertz CT molecular complexity index is 454. The lowest BCUT2D eigenvalue weighted by Gasteiger charge is -2.10. The number of anilines is 1. The molecule has 0 aliphatic carbocycles. The van der Waals surface area contributed by atoms with Crippen molar-refractivity contribution in [2.45, 2.75) is 30.4 Å². The van der Waals surface area contributed by atoms with Crippen LogP contribution in [0.2, 0.25) is 0 Å². The Morgan fingerprint density at radius 1 is 1.28 bits per heavy atom. The molecule has 1 aromatic rings. The van der Waals surface area contributed by atoms with Crippen LogP contribution in [0.5, 0.6) is 0 Å². The SMILES string of the molecule is CCS(=O)(=O)c1ccc(NCCC(C)SC)cc1. The molecule has 0 spiro atoms. The van der Waals surface area contributed by atoms with E-state index >= 15 is 0 Å². The molecular formula is C13H21NO2S2. The van der Waals surface area contributed by atoms with Gasteiger partial charge in [0.1, 0.15) is 0 Å². The van der Waals surface area contributed by atoms with Gasteiger partial charge in [-0.2, -0.15) is 11.8 Å². The Hall–Kier alpha value is -0.680. The van der Waals surface area contributed by atoms with Gasteiger partial charge in [-0.1, -0.05) is 13.8 Å². The van der Waals surface area contributed by atoms with E-state index in [9.17, 15) is 8.42 Å². The van der Waals surface area contributed by atoms with Gasteiger partial charge in [-0.3, -0.25) is 0 Å². The molecule has 3 nitrogen and oxygen atoms in total. The maximum absolute atomic E-state index is 11.6. The summed E-state index contributed by atoms with van der Waals surface area (Å²) in [4.78, 5) is 0.396. The fourth-order valence-corrected chi connectivity index (χ4v) is 2.72. The van der Waals surface area contributed by atoms with Crippen LogP contribution in [-0.2, 0) is 9.84 Å². The van der Waals surface area contributed by atoms with Crippen molar-refractivity contribution < 1.29 is 8.42 Å². The number of hydrogen-bond acceptors (Lipinski definition) is 4. The number of sulfone groups is 1. The van der Waals surface area contributed by atoms with E-state index in [0.29, 0.717) is 10.1 Å². The zero-order chi connectivity index (χ0) is 13.6. The molecular weight excluding hydrogens is 266 g/mol. The van der Waals surface area contributed by atoms with Crippen LogP contribution in [0.4, 0.5) is 5.69 Å². The van der Waals surface area contributed by atoms with Gasteiger partial charge in [0.05, 0.1) is 10.6 Å². The summed E-state index contributed by atoms with van der Waals surface area (Å²) in [5.41, 5.74) is 0.971. The Kier molecular flexibility index (Phi) is 6.02. The van der Waals surface area contributed by atoms with Gasteiger partial charge in [0.25, 0.3) is 0 Å². The summed E-state index contributed by atoms with van der Waals surface area (Å²) in [6.45, 7) is 4.76. The van der Waals surface area contributed by atoms with Crippen LogP contribution in [0.1, 0.15) is 20.3 Å². The topological polar surface area (TPSA) is 46.2 Å². The molecule has 0 saturated carbocycles. The second-order valence-electron chi connectivity index (χ2n) is 4.19. The number of rotatable bonds is 7. The minimum Gasteiger partial charge on any atom is -0.385 e. The van der Waals surface area contributed by atoms with Crippen molar-refractivity contribution in [2.75, 3.05) is 23.9 Å². The van der Waals surface area contributed by atoms with Gasteiger partial charge in [0.15, 0.2) is 9.84 Å². The van der Waals surface area contributed by atoms with Crippen LogP contribution in [0.3, 0.4) is 0 Å². The Morgan fingerprint density at radius 2 is 1.89 bits per heavy atom. The summed E-state index contributed by atoms with van der Waals surface area (Å²) in [6, 6.07) is 6.98. The monoisotopic (exact) mass is 287 g/mol. The van der Waals surface area contributed by atoms with Crippen LogP contribution in [0.25, 0.3) is 0 Å². The molecule has 1 atom stereocenters. The molecule has 0 aromatic heterocycles. The van der Waals surface area contributed by atoms with Crippen LogP contribution < -0.4 is 5.32 Å². The van der Waals surface area contributed by atoms with Crippen molar-refractivity contribution >= 4 is 27.3 Å². The zero-order valence-electron chi connectivity index (χ0n) is 11.1. The Labute approximate surface area is 114 Å². The predicted molar refractivity (Wildman–Crippen MR) is 80.3 cm³/mol. The molecule has 0 bridgehead atoms. The van der Waals surface area contributed by atoms with Gasteiger partial charge >= 0.3 is 0 Å². The van der Waals surface area contributed by atoms with E-state index in [-0.39, 0.29) is 5.75 Å². The van der Waals surface area contributed by atoms with Crippen LogP contribution in [-0.4, -0.2) is 32.2 Å². The van der Waals surface area contributed by atoms with E-state index in [1.165, 1.54) is 0 Å². The largest absolute Gasteiger partial charge is 0.385 e. The van der Waals surface area contributed by atoms with Gasteiger partial charge in [0, 0.05) is 17.5 Å². The first-order valence-corrected chi connectivity index (χ1v) is 9.03. The third kappa shape index (κ3) is 4.53. The predicted octanol–water partition coefficient (Wildman–Crippen LogP) is 3.03. The average molecular weight is 287 g/mol. The molecule has 0 radical (unpaired) electrons. The van der Waals surface area contributed by atoms with Crippen LogP contribution >= 0.6 is 11.8 Å². The van der Waals surface area contributed by atoms with Crippen LogP contribution in [0.15, 0.2) is 29.2 Å². The molecule has 0 saturated heterocycles. The van der Waals surface area contributed by atoms with Gasteiger partial charge in [0.2, 0.25) is 0 Å². The van der Waals surface area contributed by atoms with Gasteiger partial charge < -0.3 is 5.32 Å². The molecule has 1 N–H and O–H groups in total. The summed E-state index contributed by atoms with van der Waals surface area (Å²) in [5, 5.41) is 3.93. The normalized spacial score (nSPS) is 13.3. The van der Waals surface area contributed by atoms with Crippen molar-refractivity contribution in [2.24, 2.45) is 0 Å². The minimum atomic E-state index is -3.08. The van der Waals surface area contributed by atoms with Crippen molar-refractivity contribution in [3.63, 3.8) is 0 Å². The molecule has 1 rings (SSSR count). The highest BCUT2D eigenvalue weighted by Crippen LogP contribution is 2.16. The first-order chi connectivity index (χ1) is 8.49. The third-order valence-corrected chi connectivity index (χ3v) is 5.67. The van der Waals surface area contributed by atoms with Crippen molar-refractivity contribution in [3.8, 4) is 0 Å². The fourth-order valence-electron chi connectivity index (χ4n) is 1.48. The smallest absolute Gasteiger partial charge is 0.178 e. The minimum absolute atomic E-state index is 0.144. The van der Waals surface area contributed by atoms with E-state index in [1.54, 1.807) is 19.1 Å². The van der Waals surface area contributed by atoms with Crippen LogP contribution in [0, 0.1) is 0 Å². The van der Waals surface area contributed by atoms with Crippen molar-refractivity contribution in [1.29, 1.82) is 0 Å². The number of hydrogen-bond donors (Lipinski definition) is 1. The van der Waals surface area contributed by atoms with E-state index in [1.807, 2.05) is 23.9 Å². The zero-order valence-corrected chi connectivity index (χ0v) is 12.8. The van der Waals surface area contributed by atoms with E-state index in [2.05, 4.69) is 18.5 Å². The number of thioether (sulfide) groups is 1. The summed E-state index contributed by atoms with van der Waals surface area (Å²) in [7, 11) is -3.08. The van der Waals surface area contributed by atoms with Gasteiger partial charge in [-0.25, -0.2) is 8.42 Å². The summed E-state index contributed by atoms with van der Waals surface area (Å²) in [5.74, 6) is 0.144. The number of benzene rings is 1. The molecule has 1 unspecified atom stereocenters. The lowest BCUT2D eigenvalue weighted by molar-refractivity contribution is 0.597. The molecule has 5 heteroatoms. The molecule has 0 heterocycles. The quantitative estimate of drug-likeness (QED) is 0.837. The molecule has 102 valence electrons. The first-order valence-electron chi connectivity index (χ1n) is 6.09. The van der Waals surface area contributed by atoms with Gasteiger partial charge in [-0.05, 0) is 36.9 Å². The fraction of sp³-hybridized carbons (Fsp3) is 0.538. The van der Waals surface area contributed by atoms with E-state index in [4.69, 9.17) is 0 Å². The maximum Gasteiger partial charge on any atom is 0.178 e. The van der Waals surface area contributed by atoms with Gasteiger partial charge in [-0.15, -0.1) is 0 Å². The molecule has 0 aliphatic heterocycles. The second kappa shape index (κ2) is 7.04. The summed E-state index contributed by atoms with van der Waals surface area (Å²) < 4.78 is 23.3. The Balaban J connectivity index is 2.56. The Morgan fingerprint density at radius 3 is 2.39 bits per heavy atom. The standard InChI is InChI=1S/C13H21NO2S2/c1-4-18(15,16)13-7-5-12(6-8-13)14-10-9-11(2)17-3/h5-8,11,14H,4,9-10H2,1-3H3. The first kappa shape index (κ1) is 15.4. The van der Waals surface area contributed by atoms with E-state index in [0.717, 1.165) is 18.7 Å².